The number of nitrogens with one attached hydrogen (secondary N) is 1. The molecule has 2 heterocycles. The summed E-state index contributed by atoms with van der Waals surface area (Å²) in [5, 5.41) is 3.17. The van der Waals surface area contributed by atoms with Gasteiger partial charge in [-0.05, 0) is 47.2 Å². The van der Waals surface area contributed by atoms with Gasteiger partial charge in [0.1, 0.15) is 18.5 Å². The summed E-state index contributed by atoms with van der Waals surface area (Å²) >= 11 is 0. The maximum atomic E-state index is 13.2. The van der Waals surface area contributed by atoms with Crippen LogP contribution >= 0.6 is 0 Å². The van der Waals surface area contributed by atoms with Crippen LogP contribution < -0.4 is 14.6 Å². The zero-order valence-electron chi connectivity index (χ0n) is 28.3. The average Bonchev–Trinajstić information content (AvgIpc) is 3.42. The van der Waals surface area contributed by atoms with E-state index in [4.69, 9.17) is 4.74 Å². The molecule has 4 aromatic rings. The van der Waals surface area contributed by atoms with Crippen molar-refractivity contribution in [2.24, 2.45) is 0 Å². The number of hydrogen-bond donors (Lipinski definition) is 1. The predicted octanol–water partition coefficient (Wildman–Crippen LogP) is 9.83. The van der Waals surface area contributed by atoms with Crippen LogP contribution in [0.25, 0.3) is 5.52 Å². The van der Waals surface area contributed by atoms with Crippen molar-refractivity contribution in [1.82, 2.24) is 4.40 Å². The van der Waals surface area contributed by atoms with E-state index in [2.05, 4.69) is 84.8 Å². The molecule has 0 unspecified atom stereocenters. The summed E-state index contributed by atoms with van der Waals surface area (Å²) in [5.74, 6) is 0.887. The first kappa shape index (κ1) is 34.3. The highest BCUT2D eigenvalue weighted by molar-refractivity contribution is 5.93. The lowest BCUT2D eigenvalue weighted by Crippen LogP contribution is -2.32. The van der Waals surface area contributed by atoms with E-state index in [1.54, 1.807) is 0 Å². The van der Waals surface area contributed by atoms with Crippen molar-refractivity contribution < 1.29 is 14.1 Å². The van der Waals surface area contributed by atoms with Gasteiger partial charge in [0.2, 0.25) is 12.2 Å². The summed E-state index contributed by atoms with van der Waals surface area (Å²) in [7, 11) is 0. The van der Waals surface area contributed by atoms with Gasteiger partial charge in [0, 0.05) is 11.3 Å². The molecule has 0 aliphatic heterocycles. The van der Waals surface area contributed by atoms with Crippen LogP contribution in [0, 0.1) is 0 Å². The Balaban J connectivity index is 1.26. The summed E-state index contributed by atoms with van der Waals surface area (Å²) in [4.78, 5) is 13.2. The fourth-order valence-corrected chi connectivity index (χ4v) is 6.03. The second-order valence-corrected chi connectivity index (χ2v) is 13.6. The number of rotatable bonds is 19. The molecule has 45 heavy (non-hydrogen) atoms. The van der Waals surface area contributed by atoms with Gasteiger partial charge in [0.25, 0.3) is 0 Å². The Kier molecular flexibility index (Phi) is 13.5. The van der Waals surface area contributed by atoms with Crippen molar-refractivity contribution in [1.29, 1.82) is 0 Å². The van der Waals surface area contributed by atoms with Crippen molar-refractivity contribution in [2.45, 2.75) is 123 Å². The number of fused-ring (bicyclic) bond motifs is 1. The molecule has 0 fully saturated rings. The number of anilines is 1. The minimum Gasteiger partial charge on any atom is -0.493 e. The first-order chi connectivity index (χ1) is 21.8. The van der Waals surface area contributed by atoms with Crippen LogP contribution in [0.4, 0.5) is 5.69 Å². The van der Waals surface area contributed by atoms with Gasteiger partial charge in [-0.25, -0.2) is 8.97 Å². The molecule has 1 N–H and O–H groups in total. The third-order valence-electron chi connectivity index (χ3n) is 8.61. The molecule has 4 rings (SSSR count). The minimum atomic E-state index is -0.0346. The normalized spacial score (nSPS) is 11.6. The van der Waals surface area contributed by atoms with E-state index in [9.17, 15) is 4.79 Å². The SMILES string of the molecule is CCCCCCCCCCCCCCOc1cc(CC(=O)Nc2ccccc2C[n+]2cc3ccccn3c2)ccc1C(C)(C)C. The number of pyridine rings is 1. The number of unbranched alkanes of at least 4 members (excludes halogenated alkanes) is 11. The van der Waals surface area contributed by atoms with Crippen LogP contribution in [-0.4, -0.2) is 16.9 Å². The van der Waals surface area contributed by atoms with Crippen LogP contribution in [0.2, 0.25) is 0 Å². The second kappa shape index (κ2) is 17.8. The van der Waals surface area contributed by atoms with Crippen molar-refractivity contribution in [3.05, 3.63) is 96.1 Å². The first-order valence-corrected chi connectivity index (χ1v) is 17.4. The van der Waals surface area contributed by atoms with Gasteiger partial charge < -0.3 is 10.1 Å². The molecule has 5 heteroatoms. The third-order valence-corrected chi connectivity index (χ3v) is 8.61. The van der Waals surface area contributed by atoms with Gasteiger partial charge in [-0.1, -0.05) is 135 Å². The van der Waals surface area contributed by atoms with Gasteiger partial charge in [-0.2, -0.15) is 0 Å². The fourth-order valence-electron chi connectivity index (χ4n) is 6.03. The summed E-state index contributed by atoms with van der Waals surface area (Å²) in [6.45, 7) is 10.3. The Labute approximate surface area is 272 Å². The Morgan fingerprint density at radius 1 is 0.822 bits per heavy atom. The number of carbonyl (C=O) groups excluding carboxylic acids is 1. The summed E-state index contributed by atoms with van der Waals surface area (Å²) in [5.41, 5.74) is 5.17. The van der Waals surface area contributed by atoms with Crippen molar-refractivity contribution in [3.63, 3.8) is 0 Å². The fraction of sp³-hybridized carbons (Fsp3) is 0.500. The van der Waals surface area contributed by atoms with Crippen LogP contribution in [0.1, 0.15) is 121 Å². The Bertz CT molecular complexity index is 1430. The monoisotopic (exact) mass is 610 g/mol. The maximum absolute atomic E-state index is 13.2. The lowest BCUT2D eigenvalue weighted by molar-refractivity contribution is -0.686. The van der Waals surface area contributed by atoms with Crippen LogP contribution in [0.15, 0.2) is 79.4 Å². The molecule has 5 nitrogen and oxygen atoms in total. The largest absolute Gasteiger partial charge is 0.493 e. The molecule has 1 amide bonds. The lowest BCUT2D eigenvalue weighted by atomic mass is 9.85. The standard InChI is InChI=1S/C40H55N3O2/c1-5-6-7-8-9-10-11-12-13-14-15-20-27-45-38-28-33(24-25-36(38)40(2,3)4)29-39(44)41-37-23-17-16-21-34(37)30-42-31-35-22-18-19-26-43(35)32-42/h16-19,21-26,28,31-32H,5-15,20,27,29-30H2,1-4H3/p+1. The first-order valence-electron chi connectivity index (χ1n) is 17.4. The van der Waals surface area contributed by atoms with Gasteiger partial charge in [-0.15, -0.1) is 0 Å². The van der Waals surface area contributed by atoms with E-state index in [1.165, 1.54) is 76.2 Å². The molecule has 2 aromatic heterocycles. The molecule has 0 aliphatic rings. The third kappa shape index (κ3) is 11.4. The van der Waals surface area contributed by atoms with Gasteiger partial charge in [-0.3, -0.25) is 4.79 Å². The van der Waals surface area contributed by atoms with E-state index in [0.29, 0.717) is 13.0 Å². The number of amides is 1. The smallest absolute Gasteiger partial charge is 0.249 e. The Morgan fingerprint density at radius 2 is 1.49 bits per heavy atom. The topological polar surface area (TPSA) is 46.6 Å². The molecule has 0 radical (unpaired) electrons. The van der Waals surface area contributed by atoms with E-state index in [-0.39, 0.29) is 11.3 Å². The van der Waals surface area contributed by atoms with Crippen molar-refractivity contribution in [3.8, 4) is 5.75 Å². The second-order valence-electron chi connectivity index (χ2n) is 13.6. The Hall–Kier alpha value is -3.60. The van der Waals surface area contributed by atoms with Crippen LogP contribution in [0.3, 0.4) is 0 Å². The van der Waals surface area contributed by atoms with Gasteiger partial charge in [0.15, 0.2) is 5.52 Å². The minimum absolute atomic E-state index is 0.0232. The molecular formula is C40H56N3O2+. The lowest BCUT2D eigenvalue weighted by Gasteiger charge is -2.23. The van der Waals surface area contributed by atoms with Gasteiger partial charge >= 0.3 is 0 Å². The molecule has 0 saturated heterocycles. The van der Waals surface area contributed by atoms with Gasteiger partial charge in [0.05, 0.1) is 19.2 Å². The molecule has 242 valence electrons. The molecule has 0 atom stereocenters. The molecule has 0 saturated carbocycles. The predicted molar refractivity (Wildman–Crippen MR) is 187 cm³/mol. The highest BCUT2D eigenvalue weighted by Gasteiger charge is 2.20. The average molecular weight is 611 g/mol. The van der Waals surface area contributed by atoms with Crippen molar-refractivity contribution in [2.75, 3.05) is 11.9 Å². The number of benzene rings is 2. The van der Waals surface area contributed by atoms with Crippen LogP contribution in [-0.2, 0) is 23.2 Å². The number of carbonyl (C=O) groups is 1. The van der Waals surface area contributed by atoms with Crippen LogP contribution in [0.5, 0.6) is 5.75 Å². The summed E-state index contributed by atoms with van der Waals surface area (Å²) in [6.07, 6.45) is 22.5. The highest BCUT2D eigenvalue weighted by atomic mass is 16.5. The number of ether oxygens (including phenoxy) is 1. The Morgan fingerprint density at radius 3 is 2.18 bits per heavy atom. The molecule has 2 aromatic carbocycles. The highest BCUT2D eigenvalue weighted by Crippen LogP contribution is 2.32. The quantitative estimate of drug-likeness (QED) is 0.0848. The van der Waals surface area contributed by atoms with E-state index in [0.717, 1.165) is 41.1 Å². The summed E-state index contributed by atoms with van der Waals surface area (Å²) < 4.78 is 10.6. The molecule has 0 spiro atoms. The summed E-state index contributed by atoms with van der Waals surface area (Å²) in [6, 6.07) is 20.5. The number of para-hydroxylation sites is 1. The number of imidazole rings is 1. The number of nitrogens with zero attached hydrogens (tertiary/aromatic N) is 2. The van der Waals surface area contributed by atoms with E-state index >= 15 is 0 Å². The van der Waals surface area contributed by atoms with E-state index < -0.39 is 0 Å². The number of aromatic nitrogens is 2. The zero-order chi connectivity index (χ0) is 31.9. The van der Waals surface area contributed by atoms with E-state index in [1.807, 2.05) is 36.5 Å². The molecule has 0 bridgehead atoms. The zero-order valence-corrected chi connectivity index (χ0v) is 28.3. The maximum Gasteiger partial charge on any atom is 0.249 e. The van der Waals surface area contributed by atoms with Crippen molar-refractivity contribution >= 4 is 17.1 Å². The molecular weight excluding hydrogens is 554 g/mol. The number of hydrogen-bond acceptors (Lipinski definition) is 2. The molecule has 0 aliphatic carbocycles.